The number of hydrogen-bond acceptors (Lipinski definition) is 9. The lowest BCUT2D eigenvalue weighted by Crippen LogP contribution is -2.52. The van der Waals surface area contributed by atoms with Crippen LogP contribution in [0.3, 0.4) is 0 Å². The van der Waals surface area contributed by atoms with E-state index in [1.54, 1.807) is 45.0 Å². The number of benzene rings is 1. The highest BCUT2D eigenvalue weighted by Gasteiger charge is 2.54. The Morgan fingerprint density at radius 2 is 1.67 bits per heavy atom. The van der Waals surface area contributed by atoms with Gasteiger partial charge in [0.2, 0.25) is 0 Å². The van der Waals surface area contributed by atoms with Gasteiger partial charge in [0.05, 0.1) is 32.2 Å². The van der Waals surface area contributed by atoms with E-state index in [9.17, 15) is 19.5 Å². The molecule has 0 aliphatic heterocycles. The Kier molecular flexibility index (Phi) is 11.0. The van der Waals surface area contributed by atoms with Crippen LogP contribution in [0.2, 0.25) is 0 Å². The van der Waals surface area contributed by atoms with Crippen LogP contribution in [0.25, 0.3) is 0 Å². The third-order valence-electron chi connectivity index (χ3n) is 3.85. The molecule has 0 amide bonds. The Morgan fingerprint density at radius 3 is 2.20 bits per heavy atom. The van der Waals surface area contributed by atoms with Gasteiger partial charge in [0, 0.05) is 11.8 Å². The lowest BCUT2D eigenvalue weighted by Gasteiger charge is -2.31. The molecule has 0 aliphatic rings. The predicted octanol–water partition coefficient (Wildman–Crippen LogP) is 2.45. The number of ether oxygens (including phenoxy) is 4. The molecule has 166 valence electrons. The van der Waals surface area contributed by atoms with Crippen molar-refractivity contribution in [3.05, 3.63) is 42.0 Å². The first-order valence-corrected chi connectivity index (χ1v) is 10.6. The molecule has 1 N–H and O–H groups in total. The van der Waals surface area contributed by atoms with Crippen molar-refractivity contribution < 1.29 is 38.4 Å². The molecule has 1 aromatic carbocycles. The minimum Gasteiger partial charge on any atom is -0.497 e. The van der Waals surface area contributed by atoms with Crippen molar-refractivity contribution in [3.8, 4) is 5.75 Å². The van der Waals surface area contributed by atoms with E-state index in [1.807, 2.05) is 0 Å². The molecule has 0 radical (unpaired) electrons. The minimum atomic E-state index is -2.60. The van der Waals surface area contributed by atoms with Gasteiger partial charge in [-0.2, -0.15) is 0 Å². The van der Waals surface area contributed by atoms with Crippen molar-refractivity contribution in [1.29, 1.82) is 0 Å². The molecule has 1 unspecified atom stereocenters. The smallest absolute Gasteiger partial charge is 0.351 e. The second kappa shape index (κ2) is 12.9. The molecule has 0 aliphatic carbocycles. The molecule has 0 aromatic heterocycles. The van der Waals surface area contributed by atoms with Crippen LogP contribution >= 0.6 is 11.8 Å². The third kappa shape index (κ3) is 6.77. The van der Waals surface area contributed by atoms with Crippen molar-refractivity contribution in [2.75, 3.05) is 32.7 Å². The summed E-state index contributed by atoms with van der Waals surface area (Å²) in [5.74, 6) is -2.06. The maximum absolute atomic E-state index is 12.7. The van der Waals surface area contributed by atoms with Crippen LogP contribution in [0, 0.1) is 0 Å². The largest absolute Gasteiger partial charge is 0.497 e. The molecule has 0 bridgehead atoms. The monoisotopic (exact) mass is 440 g/mol. The SMILES string of the molecule is CCOC(=O)/C=C/CSC(c1cccc(OC)c1)C(O)(C(=O)OCC)C(=O)OCC. The zero-order valence-electron chi connectivity index (χ0n) is 17.6. The Balaban J connectivity index is 3.33. The van der Waals surface area contributed by atoms with E-state index < -0.39 is 28.8 Å². The normalized spacial score (nSPS) is 12.3. The third-order valence-corrected chi connectivity index (χ3v) is 5.18. The van der Waals surface area contributed by atoms with Gasteiger partial charge < -0.3 is 24.1 Å². The van der Waals surface area contributed by atoms with Crippen LogP contribution in [0.15, 0.2) is 36.4 Å². The predicted molar refractivity (Wildman–Crippen MR) is 112 cm³/mol. The summed E-state index contributed by atoms with van der Waals surface area (Å²) in [7, 11) is 1.48. The molecule has 1 rings (SSSR count). The van der Waals surface area contributed by atoms with Gasteiger partial charge in [-0.1, -0.05) is 18.2 Å². The lowest BCUT2D eigenvalue weighted by molar-refractivity contribution is -0.183. The Morgan fingerprint density at radius 1 is 1.07 bits per heavy atom. The Bertz CT molecular complexity index is 728. The van der Waals surface area contributed by atoms with Crippen molar-refractivity contribution in [3.63, 3.8) is 0 Å². The molecule has 1 aromatic rings. The number of esters is 3. The fourth-order valence-electron chi connectivity index (χ4n) is 2.53. The molecule has 0 spiro atoms. The first kappa shape index (κ1) is 25.5. The summed E-state index contributed by atoms with van der Waals surface area (Å²) in [6.07, 6.45) is 2.76. The quantitative estimate of drug-likeness (QED) is 0.227. The highest BCUT2D eigenvalue weighted by atomic mass is 32.2. The number of methoxy groups -OCH3 is 1. The highest BCUT2D eigenvalue weighted by molar-refractivity contribution is 7.99. The number of carbonyl (C=O) groups is 3. The first-order valence-electron chi connectivity index (χ1n) is 9.50. The van der Waals surface area contributed by atoms with Crippen LogP contribution in [-0.4, -0.2) is 61.3 Å². The van der Waals surface area contributed by atoms with Crippen LogP contribution in [0.5, 0.6) is 5.75 Å². The van der Waals surface area contributed by atoms with Gasteiger partial charge in [0.1, 0.15) is 5.75 Å². The van der Waals surface area contributed by atoms with E-state index in [1.165, 1.54) is 19.3 Å². The van der Waals surface area contributed by atoms with Crippen molar-refractivity contribution in [2.24, 2.45) is 0 Å². The van der Waals surface area contributed by atoms with Crippen molar-refractivity contribution >= 4 is 29.7 Å². The molecular weight excluding hydrogens is 412 g/mol. The van der Waals surface area contributed by atoms with Gasteiger partial charge in [-0.15, -0.1) is 11.8 Å². The lowest BCUT2D eigenvalue weighted by atomic mass is 9.93. The number of hydrogen-bond donors (Lipinski definition) is 1. The molecule has 30 heavy (non-hydrogen) atoms. The minimum absolute atomic E-state index is 0.0290. The summed E-state index contributed by atoms with van der Waals surface area (Å²) < 4.78 is 20.0. The zero-order valence-corrected chi connectivity index (χ0v) is 18.4. The van der Waals surface area contributed by atoms with Gasteiger partial charge in [-0.25, -0.2) is 14.4 Å². The molecule has 0 heterocycles. The van der Waals surface area contributed by atoms with E-state index in [0.717, 1.165) is 11.8 Å². The average molecular weight is 441 g/mol. The molecule has 8 nitrogen and oxygen atoms in total. The number of thioether (sulfide) groups is 1. The van der Waals surface area contributed by atoms with Crippen molar-refractivity contribution in [1.82, 2.24) is 0 Å². The molecule has 0 fully saturated rings. The van der Waals surface area contributed by atoms with Crippen LogP contribution in [-0.2, 0) is 28.6 Å². The van der Waals surface area contributed by atoms with E-state index in [0.29, 0.717) is 11.3 Å². The number of aliphatic hydroxyl groups is 1. The van der Waals surface area contributed by atoms with Crippen molar-refractivity contribution in [2.45, 2.75) is 31.6 Å². The molecule has 1 atom stereocenters. The summed E-state index contributed by atoms with van der Waals surface area (Å²) in [4.78, 5) is 36.8. The van der Waals surface area contributed by atoms with Gasteiger partial charge in [0.15, 0.2) is 0 Å². The summed E-state index contributed by atoms with van der Waals surface area (Å²) in [5.41, 5.74) is -2.15. The van der Waals surface area contributed by atoms with Crippen LogP contribution < -0.4 is 4.74 Å². The second-order valence-corrected chi connectivity index (χ2v) is 6.99. The highest BCUT2D eigenvalue weighted by Crippen LogP contribution is 2.41. The topological polar surface area (TPSA) is 108 Å². The maximum Gasteiger partial charge on any atom is 0.351 e. The molecule has 0 saturated carbocycles. The van der Waals surface area contributed by atoms with E-state index >= 15 is 0 Å². The van der Waals surface area contributed by atoms with Gasteiger partial charge in [0.25, 0.3) is 5.60 Å². The van der Waals surface area contributed by atoms with E-state index in [4.69, 9.17) is 18.9 Å². The molecule has 0 saturated heterocycles. The van der Waals surface area contributed by atoms with E-state index in [-0.39, 0.29) is 25.6 Å². The fraction of sp³-hybridized carbons (Fsp3) is 0.476. The second-order valence-electron chi connectivity index (χ2n) is 5.85. The molecule has 9 heteroatoms. The average Bonchev–Trinajstić information content (AvgIpc) is 2.73. The number of carbonyl (C=O) groups excluding carboxylic acids is 3. The zero-order chi connectivity index (χ0) is 22.6. The Labute approximate surface area is 180 Å². The maximum atomic E-state index is 12.7. The van der Waals surface area contributed by atoms with E-state index in [2.05, 4.69) is 0 Å². The summed E-state index contributed by atoms with van der Waals surface area (Å²) in [6, 6.07) is 6.63. The van der Waals surface area contributed by atoms with Gasteiger partial charge in [-0.3, -0.25) is 0 Å². The van der Waals surface area contributed by atoms with Crippen LogP contribution in [0.4, 0.5) is 0 Å². The van der Waals surface area contributed by atoms with Gasteiger partial charge in [-0.05, 0) is 38.5 Å². The fourth-order valence-corrected chi connectivity index (χ4v) is 3.70. The summed E-state index contributed by atoms with van der Waals surface area (Å²) in [6.45, 7) is 5.02. The standard InChI is InChI=1S/C21H28O8S/c1-5-27-17(22)12-9-13-30-18(15-10-8-11-16(14-15)26-4)21(25,19(23)28-6-2)20(24)29-7-3/h8-12,14,18,25H,5-7,13H2,1-4H3/b12-9+. The van der Waals surface area contributed by atoms with Crippen LogP contribution in [0.1, 0.15) is 31.6 Å². The summed E-state index contributed by atoms with van der Waals surface area (Å²) >= 11 is 1.07. The first-order chi connectivity index (χ1) is 14.3. The summed E-state index contributed by atoms with van der Waals surface area (Å²) in [5, 5.41) is 10.2. The number of rotatable bonds is 12. The molecular formula is C21H28O8S. The van der Waals surface area contributed by atoms with Gasteiger partial charge >= 0.3 is 17.9 Å². The Hall–Kier alpha value is -2.52.